The lowest BCUT2D eigenvalue weighted by molar-refractivity contribution is 0.0786. The van der Waals surface area contributed by atoms with Gasteiger partial charge in [0.2, 0.25) is 0 Å². The summed E-state index contributed by atoms with van der Waals surface area (Å²) in [4.78, 5) is 13.5. The van der Waals surface area contributed by atoms with Gasteiger partial charge in [-0.15, -0.1) is 0 Å². The molecular formula is C12H17N3O2. The summed E-state index contributed by atoms with van der Waals surface area (Å²) in [5, 5.41) is 11.5. The minimum Gasteiger partial charge on any atom is -0.409 e. The van der Waals surface area contributed by atoms with Gasteiger partial charge in [0, 0.05) is 25.1 Å². The largest absolute Gasteiger partial charge is 0.409 e. The van der Waals surface area contributed by atoms with Gasteiger partial charge in [-0.25, -0.2) is 0 Å². The first-order chi connectivity index (χ1) is 8.06. The Morgan fingerprint density at radius 3 is 2.59 bits per heavy atom. The summed E-state index contributed by atoms with van der Waals surface area (Å²) in [5.41, 5.74) is 6.09. The number of amidine groups is 1. The minimum atomic E-state index is -0.183. The van der Waals surface area contributed by atoms with E-state index >= 15 is 0 Å². The topological polar surface area (TPSA) is 78.9 Å². The van der Waals surface area contributed by atoms with Crippen LogP contribution in [0.1, 0.15) is 17.3 Å². The molecular weight excluding hydrogens is 218 g/mol. The summed E-state index contributed by atoms with van der Waals surface area (Å²) in [6, 6.07) is 9.00. The van der Waals surface area contributed by atoms with Crippen LogP contribution < -0.4 is 5.73 Å². The fraction of sp³-hybridized carbons (Fsp3) is 0.333. The zero-order chi connectivity index (χ0) is 12.8. The van der Waals surface area contributed by atoms with Crippen molar-refractivity contribution in [3.05, 3.63) is 35.9 Å². The number of hydrogen-bond acceptors (Lipinski definition) is 3. The number of nitrogens with zero attached hydrogens (tertiary/aromatic N) is 2. The number of benzene rings is 1. The van der Waals surface area contributed by atoms with Gasteiger partial charge in [-0.2, -0.15) is 0 Å². The molecule has 1 rings (SSSR count). The summed E-state index contributed by atoms with van der Waals surface area (Å²) in [7, 11) is 1.69. The zero-order valence-corrected chi connectivity index (χ0v) is 10.00. The molecule has 1 aromatic carbocycles. The van der Waals surface area contributed by atoms with Gasteiger partial charge in [-0.1, -0.05) is 30.3 Å². The number of rotatable bonds is 4. The number of nitrogens with two attached hydrogens (primary N) is 1. The molecule has 0 aliphatic heterocycles. The van der Waals surface area contributed by atoms with E-state index in [1.807, 2.05) is 18.2 Å². The zero-order valence-electron chi connectivity index (χ0n) is 10.00. The molecule has 1 atom stereocenters. The molecule has 92 valence electrons. The molecule has 1 aromatic rings. The summed E-state index contributed by atoms with van der Waals surface area (Å²) in [5.74, 6) is -0.140. The van der Waals surface area contributed by atoms with Crippen LogP contribution in [0.2, 0.25) is 0 Å². The third-order valence-electron chi connectivity index (χ3n) is 2.54. The van der Waals surface area contributed by atoms with Crippen LogP contribution in [0.3, 0.4) is 0 Å². The van der Waals surface area contributed by atoms with Gasteiger partial charge in [-0.3, -0.25) is 4.79 Å². The molecule has 0 heterocycles. The monoisotopic (exact) mass is 235 g/mol. The highest BCUT2D eigenvalue weighted by Crippen LogP contribution is 2.06. The van der Waals surface area contributed by atoms with Crippen LogP contribution in [0.25, 0.3) is 0 Å². The maximum atomic E-state index is 12.0. The lowest BCUT2D eigenvalue weighted by Gasteiger charge is -2.20. The number of carbonyl (C=O) groups excluding carboxylic acids is 1. The summed E-state index contributed by atoms with van der Waals surface area (Å²) in [6.45, 7) is 2.20. The highest BCUT2D eigenvalue weighted by atomic mass is 16.4. The molecule has 0 aromatic heterocycles. The molecule has 0 aliphatic rings. The van der Waals surface area contributed by atoms with Crippen molar-refractivity contribution in [3.8, 4) is 0 Å². The molecule has 17 heavy (non-hydrogen) atoms. The van der Waals surface area contributed by atoms with E-state index in [0.717, 1.165) is 0 Å². The Labute approximate surface area is 101 Å². The molecule has 0 saturated heterocycles. The minimum absolute atomic E-state index is 0.0804. The molecule has 0 spiro atoms. The Hall–Kier alpha value is -2.04. The molecule has 0 bridgehead atoms. The van der Waals surface area contributed by atoms with Crippen LogP contribution in [-0.4, -0.2) is 35.4 Å². The third kappa shape index (κ3) is 3.48. The number of amides is 1. The normalized spacial score (nSPS) is 13.2. The van der Waals surface area contributed by atoms with Crippen LogP contribution in [-0.2, 0) is 0 Å². The maximum Gasteiger partial charge on any atom is 0.253 e. The van der Waals surface area contributed by atoms with Crippen molar-refractivity contribution >= 4 is 11.7 Å². The summed E-state index contributed by atoms with van der Waals surface area (Å²) < 4.78 is 0. The van der Waals surface area contributed by atoms with Crippen LogP contribution >= 0.6 is 0 Å². The van der Waals surface area contributed by atoms with Crippen LogP contribution in [0, 0.1) is 5.92 Å². The van der Waals surface area contributed by atoms with E-state index in [1.165, 1.54) is 0 Å². The van der Waals surface area contributed by atoms with Crippen molar-refractivity contribution < 1.29 is 10.0 Å². The van der Waals surface area contributed by atoms with Gasteiger partial charge in [-0.05, 0) is 12.1 Å². The first kappa shape index (κ1) is 13.0. The second kappa shape index (κ2) is 5.89. The van der Waals surface area contributed by atoms with Gasteiger partial charge in [0.1, 0.15) is 5.84 Å². The van der Waals surface area contributed by atoms with Gasteiger partial charge in [0.25, 0.3) is 5.91 Å². The van der Waals surface area contributed by atoms with Gasteiger partial charge < -0.3 is 15.8 Å². The quantitative estimate of drug-likeness (QED) is 0.355. The molecule has 0 fully saturated rings. The second-order valence-corrected chi connectivity index (χ2v) is 3.98. The number of hydrogen-bond donors (Lipinski definition) is 2. The lowest BCUT2D eigenvalue weighted by atomic mass is 10.1. The van der Waals surface area contributed by atoms with Crippen LogP contribution in [0.5, 0.6) is 0 Å². The predicted molar refractivity (Wildman–Crippen MR) is 66.0 cm³/mol. The SMILES string of the molecule is CC(CN(C)C(=O)c1ccccc1)/C(N)=N/O. The second-order valence-electron chi connectivity index (χ2n) is 3.98. The van der Waals surface area contributed by atoms with Crippen molar-refractivity contribution in [3.63, 3.8) is 0 Å². The van der Waals surface area contributed by atoms with Crippen molar-refractivity contribution in [2.45, 2.75) is 6.92 Å². The molecule has 0 radical (unpaired) electrons. The maximum absolute atomic E-state index is 12.0. The molecule has 0 aliphatic carbocycles. The van der Waals surface area contributed by atoms with Gasteiger partial charge in [0.15, 0.2) is 0 Å². The predicted octanol–water partition coefficient (Wildman–Crippen LogP) is 1.14. The fourth-order valence-corrected chi connectivity index (χ4v) is 1.49. The van der Waals surface area contributed by atoms with E-state index in [2.05, 4.69) is 5.16 Å². The van der Waals surface area contributed by atoms with Crippen molar-refractivity contribution in [2.75, 3.05) is 13.6 Å². The first-order valence-corrected chi connectivity index (χ1v) is 5.34. The van der Waals surface area contributed by atoms with Crippen molar-refractivity contribution in [2.24, 2.45) is 16.8 Å². The highest BCUT2D eigenvalue weighted by molar-refractivity contribution is 5.94. The number of oxime groups is 1. The van der Waals surface area contributed by atoms with Crippen LogP contribution in [0.4, 0.5) is 0 Å². The van der Waals surface area contributed by atoms with E-state index < -0.39 is 0 Å². The molecule has 5 heteroatoms. The average Bonchev–Trinajstić information content (AvgIpc) is 2.37. The smallest absolute Gasteiger partial charge is 0.253 e. The summed E-state index contributed by atoms with van der Waals surface area (Å²) >= 11 is 0. The van der Waals surface area contributed by atoms with Crippen molar-refractivity contribution in [1.82, 2.24) is 4.90 Å². The first-order valence-electron chi connectivity index (χ1n) is 5.34. The molecule has 5 nitrogen and oxygen atoms in total. The Balaban J connectivity index is 2.66. The van der Waals surface area contributed by atoms with E-state index in [1.54, 1.807) is 31.0 Å². The molecule has 0 saturated carbocycles. The standard InChI is InChI=1S/C12H17N3O2/c1-9(11(13)14-17)8-15(2)12(16)10-6-4-3-5-7-10/h3-7,9,17H,8H2,1-2H3,(H2,13,14). The van der Waals surface area contributed by atoms with E-state index in [4.69, 9.17) is 10.9 Å². The van der Waals surface area contributed by atoms with E-state index in [-0.39, 0.29) is 17.7 Å². The van der Waals surface area contributed by atoms with Crippen LogP contribution in [0.15, 0.2) is 35.5 Å². The Bertz CT molecular complexity index is 403. The number of carbonyl (C=O) groups is 1. The van der Waals surface area contributed by atoms with Gasteiger partial charge >= 0.3 is 0 Å². The molecule has 3 N–H and O–H groups in total. The Kier molecular flexibility index (Phi) is 4.51. The van der Waals surface area contributed by atoms with Gasteiger partial charge in [0.05, 0.1) is 0 Å². The van der Waals surface area contributed by atoms with Crippen molar-refractivity contribution in [1.29, 1.82) is 0 Å². The molecule has 1 unspecified atom stereocenters. The van der Waals surface area contributed by atoms with E-state index in [0.29, 0.717) is 12.1 Å². The average molecular weight is 235 g/mol. The fourth-order valence-electron chi connectivity index (χ4n) is 1.49. The highest BCUT2D eigenvalue weighted by Gasteiger charge is 2.16. The Morgan fingerprint density at radius 2 is 2.06 bits per heavy atom. The Morgan fingerprint density at radius 1 is 1.47 bits per heavy atom. The molecule has 1 amide bonds. The third-order valence-corrected chi connectivity index (χ3v) is 2.54. The van der Waals surface area contributed by atoms with E-state index in [9.17, 15) is 4.79 Å². The summed E-state index contributed by atoms with van der Waals surface area (Å²) in [6.07, 6.45) is 0. The lowest BCUT2D eigenvalue weighted by Crippen LogP contribution is -2.36.